The van der Waals surface area contributed by atoms with Crippen LogP contribution in [0.25, 0.3) is 0 Å². The van der Waals surface area contributed by atoms with Crippen molar-refractivity contribution in [2.45, 2.75) is 46.1 Å². The number of hydrogen-bond acceptors (Lipinski definition) is 5. The minimum absolute atomic E-state index is 0.0217. The number of rotatable bonds is 9. The molecule has 0 saturated carbocycles. The first-order valence-electron chi connectivity index (χ1n) is 13.0. The number of hydrogen-bond donors (Lipinski definition) is 2. The lowest BCUT2D eigenvalue weighted by molar-refractivity contribution is -0.130. The van der Waals surface area contributed by atoms with Crippen LogP contribution in [-0.4, -0.2) is 50.6 Å². The average molecular weight is 494 g/mol. The van der Waals surface area contributed by atoms with Crippen molar-refractivity contribution in [1.29, 1.82) is 0 Å². The molecule has 0 spiro atoms. The first-order chi connectivity index (χ1) is 17.4. The van der Waals surface area contributed by atoms with Gasteiger partial charge in [0.1, 0.15) is 0 Å². The van der Waals surface area contributed by atoms with Crippen LogP contribution in [0, 0.1) is 17.8 Å². The summed E-state index contributed by atoms with van der Waals surface area (Å²) in [6.07, 6.45) is 3.90. The second-order valence-electron chi connectivity index (χ2n) is 10.5. The maximum absolute atomic E-state index is 13.4. The third-order valence-corrected chi connectivity index (χ3v) is 7.17. The summed E-state index contributed by atoms with van der Waals surface area (Å²) < 4.78 is 10.8. The highest BCUT2D eigenvalue weighted by Gasteiger charge is 2.35. The van der Waals surface area contributed by atoms with E-state index in [1.165, 1.54) is 17.5 Å². The summed E-state index contributed by atoms with van der Waals surface area (Å²) in [6, 6.07) is 12.1. The van der Waals surface area contributed by atoms with E-state index >= 15 is 0 Å². The molecule has 2 aromatic rings. The molecule has 2 aromatic carbocycles. The molecule has 2 atom stereocenters. The van der Waals surface area contributed by atoms with Crippen LogP contribution in [0.1, 0.15) is 43.4 Å². The van der Waals surface area contributed by atoms with Crippen LogP contribution in [0.5, 0.6) is 11.5 Å². The predicted molar refractivity (Wildman–Crippen MR) is 141 cm³/mol. The smallest absolute Gasteiger partial charge is 0.228 e. The number of nitrogens with zero attached hydrogens (tertiary/aromatic N) is 1. The monoisotopic (exact) mass is 493 g/mol. The summed E-state index contributed by atoms with van der Waals surface area (Å²) in [4.78, 5) is 28.6. The number of methoxy groups -OCH3 is 2. The maximum atomic E-state index is 13.4. The van der Waals surface area contributed by atoms with Crippen LogP contribution in [0.2, 0.25) is 0 Å². The summed E-state index contributed by atoms with van der Waals surface area (Å²) in [5, 5.41) is 6.21. The zero-order valence-corrected chi connectivity index (χ0v) is 21.9. The number of likely N-dealkylation sites (tertiary alicyclic amines) is 1. The fourth-order valence-electron chi connectivity index (χ4n) is 5.28. The Bertz CT molecular complexity index is 1080. The van der Waals surface area contributed by atoms with Crippen molar-refractivity contribution < 1.29 is 19.1 Å². The van der Waals surface area contributed by atoms with Crippen molar-refractivity contribution in [3.8, 4) is 11.5 Å². The van der Waals surface area contributed by atoms with Crippen molar-refractivity contribution in [2.24, 2.45) is 17.8 Å². The van der Waals surface area contributed by atoms with Gasteiger partial charge in [0.2, 0.25) is 11.8 Å². The van der Waals surface area contributed by atoms with E-state index in [0.29, 0.717) is 50.0 Å². The quantitative estimate of drug-likeness (QED) is 0.551. The highest BCUT2D eigenvalue weighted by atomic mass is 16.5. The summed E-state index contributed by atoms with van der Waals surface area (Å²) in [7, 11) is 3.24. The third kappa shape index (κ3) is 6.38. The molecule has 2 amide bonds. The molecular weight excluding hydrogens is 454 g/mol. The number of anilines is 1. The highest BCUT2D eigenvalue weighted by molar-refractivity contribution is 5.93. The van der Waals surface area contributed by atoms with Crippen LogP contribution in [-0.2, 0) is 29.0 Å². The number of nitrogens with one attached hydrogen (secondary N) is 2. The van der Waals surface area contributed by atoms with E-state index in [0.717, 1.165) is 24.1 Å². The first-order valence-corrected chi connectivity index (χ1v) is 13.0. The maximum Gasteiger partial charge on any atom is 0.228 e. The van der Waals surface area contributed by atoms with E-state index < -0.39 is 0 Å². The van der Waals surface area contributed by atoms with E-state index in [2.05, 4.69) is 41.5 Å². The molecule has 0 aromatic heterocycles. The number of ether oxygens (including phenoxy) is 2. The zero-order chi connectivity index (χ0) is 25.7. The van der Waals surface area contributed by atoms with E-state index in [4.69, 9.17) is 9.47 Å². The van der Waals surface area contributed by atoms with Crippen molar-refractivity contribution >= 4 is 17.5 Å². The Kier molecular flexibility index (Phi) is 8.52. The van der Waals surface area contributed by atoms with Gasteiger partial charge in [0.05, 0.1) is 26.1 Å². The lowest BCUT2D eigenvalue weighted by atomic mass is 9.87. The number of carbonyl (C=O) groups excluding carboxylic acids is 2. The van der Waals surface area contributed by atoms with Gasteiger partial charge in [-0.05, 0) is 72.6 Å². The standard InChI is InChI=1S/C29H39N3O4/c1-19(2)15-30-28(33)23-13-24(29(34)31-25-10-9-21-6-5-7-22(21)14-25)18-32(17-23)16-20-8-11-26(35-3)27(12-20)36-4/h8-12,14,19,23-24H,5-7,13,15-18H2,1-4H3,(H,30,33)(H,31,34)/t23-,24+/m0/s1. The fraction of sp³-hybridized carbons (Fsp3) is 0.517. The number of aryl methyl sites for hydroxylation is 2. The summed E-state index contributed by atoms with van der Waals surface area (Å²) in [6.45, 7) is 6.63. The van der Waals surface area contributed by atoms with E-state index in [1.54, 1.807) is 14.2 Å². The molecule has 1 aliphatic heterocycles. The van der Waals surface area contributed by atoms with Crippen LogP contribution >= 0.6 is 0 Å². The van der Waals surface area contributed by atoms with E-state index in [1.807, 2.05) is 24.3 Å². The largest absolute Gasteiger partial charge is 0.493 e. The molecule has 2 aliphatic rings. The van der Waals surface area contributed by atoms with Crippen molar-refractivity contribution in [1.82, 2.24) is 10.2 Å². The third-order valence-electron chi connectivity index (χ3n) is 7.17. The second-order valence-corrected chi connectivity index (χ2v) is 10.5. The topological polar surface area (TPSA) is 79.9 Å². The van der Waals surface area contributed by atoms with Crippen LogP contribution in [0.4, 0.5) is 5.69 Å². The number of piperidine rings is 1. The van der Waals surface area contributed by atoms with Gasteiger partial charge in [-0.25, -0.2) is 0 Å². The molecule has 36 heavy (non-hydrogen) atoms. The second kappa shape index (κ2) is 11.8. The average Bonchev–Trinajstić information content (AvgIpc) is 3.35. The van der Waals surface area contributed by atoms with E-state index in [-0.39, 0.29) is 23.7 Å². The van der Waals surface area contributed by atoms with Gasteiger partial charge in [0.25, 0.3) is 0 Å². The Balaban J connectivity index is 1.49. The molecule has 7 heteroatoms. The molecule has 1 heterocycles. The van der Waals surface area contributed by atoms with Gasteiger partial charge in [-0.15, -0.1) is 0 Å². The Morgan fingerprint density at radius 1 is 0.944 bits per heavy atom. The molecule has 4 rings (SSSR count). The molecule has 2 N–H and O–H groups in total. The lowest BCUT2D eigenvalue weighted by Gasteiger charge is -2.36. The Hall–Kier alpha value is -3.06. The van der Waals surface area contributed by atoms with Crippen molar-refractivity contribution in [3.05, 3.63) is 53.1 Å². The number of amides is 2. The molecule has 0 radical (unpaired) electrons. The Labute approximate surface area is 214 Å². The van der Waals surface area contributed by atoms with Gasteiger partial charge >= 0.3 is 0 Å². The zero-order valence-electron chi connectivity index (χ0n) is 21.9. The molecule has 7 nitrogen and oxygen atoms in total. The van der Waals surface area contributed by atoms with Crippen LogP contribution in [0.15, 0.2) is 36.4 Å². The fourth-order valence-corrected chi connectivity index (χ4v) is 5.28. The minimum Gasteiger partial charge on any atom is -0.493 e. The molecule has 194 valence electrons. The molecule has 0 bridgehead atoms. The molecule has 0 unspecified atom stereocenters. The van der Waals surface area contributed by atoms with Crippen LogP contribution in [0.3, 0.4) is 0 Å². The number of benzene rings is 2. The van der Waals surface area contributed by atoms with E-state index in [9.17, 15) is 9.59 Å². The molecule has 1 fully saturated rings. The summed E-state index contributed by atoms with van der Waals surface area (Å²) >= 11 is 0. The molecular formula is C29H39N3O4. The highest BCUT2D eigenvalue weighted by Crippen LogP contribution is 2.31. The van der Waals surface area contributed by atoms with Crippen molar-refractivity contribution in [3.63, 3.8) is 0 Å². The Morgan fingerprint density at radius 3 is 2.39 bits per heavy atom. The molecule has 1 saturated heterocycles. The van der Waals surface area contributed by atoms with Gasteiger partial charge in [-0.1, -0.05) is 26.0 Å². The number of fused-ring (bicyclic) bond motifs is 1. The van der Waals surface area contributed by atoms with Gasteiger partial charge in [-0.3, -0.25) is 14.5 Å². The van der Waals surface area contributed by atoms with Gasteiger partial charge in [-0.2, -0.15) is 0 Å². The van der Waals surface area contributed by atoms with Gasteiger partial charge in [0, 0.05) is 31.9 Å². The number of carbonyl (C=O) groups is 2. The Morgan fingerprint density at radius 2 is 1.67 bits per heavy atom. The minimum atomic E-state index is -0.276. The summed E-state index contributed by atoms with van der Waals surface area (Å²) in [5.41, 5.74) is 4.61. The van der Waals surface area contributed by atoms with Gasteiger partial charge in [0.15, 0.2) is 11.5 Å². The first kappa shape index (κ1) is 26.0. The SMILES string of the molecule is COc1ccc(CN2C[C@@H](C(=O)NCC(C)C)C[C@@H](C(=O)Nc3ccc4c(c3)CCC4)C2)cc1OC. The summed E-state index contributed by atoms with van der Waals surface area (Å²) in [5.74, 6) is 1.21. The lowest BCUT2D eigenvalue weighted by Crippen LogP contribution is -2.49. The molecule has 1 aliphatic carbocycles. The van der Waals surface area contributed by atoms with Crippen molar-refractivity contribution in [2.75, 3.05) is 39.2 Å². The van der Waals surface area contributed by atoms with Crippen LogP contribution < -0.4 is 20.1 Å². The normalized spacial score (nSPS) is 19.6. The predicted octanol–water partition coefficient (Wildman–Crippen LogP) is 4.04. The van der Waals surface area contributed by atoms with Gasteiger partial charge < -0.3 is 20.1 Å².